The van der Waals surface area contributed by atoms with E-state index in [-0.39, 0.29) is 5.78 Å². The number of pyridine rings is 1. The first-order chi connectivity index (χ1) is 8.15. The van der Waals surface area contributed by atoms with Crippen molar-refractivity contribution in [2.45, 2.75) is 13.5 Å². The van der Waals surface area contributed by atoms with E-state index in [0.717, 1.165) is 0 Å². The summed E-state index contributed by atoms with van der Waals surface area (Å²) >= 11 is 5.78. The molecule has 0 fully saturated rings. The molecule has 0 atom stereocenters. The molecule has 1 aromatic heterocycles. The van der Waals surface area contributed by atoms with Gasteiger partial charge >= 0.3 is 0 Å². The number of hydrogen-bond acceptors (Lipinski definition) is 1. The number of carbonyl (C=O) groups is 1. The average molecular weight is 247 g/mol. The van der Waals surface area contributed by atoms with Crippen LogP contribution in [0.25, 0.3) is 0 Å². The Bertz CT molecular complexity index is 517. The molecule has 0 saturated heterocycles. The molecule has 2 nitrogen and oxygen atoms in total. The quantitative estimate of drug-likeness (QED) is 0.603. The third kappa shape index (κ3) is 3.14. The van der Waals surface area contributed by atoms with Crippen LogP contribution in [0.1, 0.15) is 15.9 Å². The fourth-order valence-corrected chi connectivity index (χ4v) is 1.66. The zero-order valence-corrected chi connectivity index (χ0v) is 10.3. The highest BCUT2D eigenvalue weighted by molar-refractivity contribution is 6.30. The number of nitrogens with zero attached hydrogens (tertiary/aromatic N) is 1. The lowest BCUT2D eigenvalue weighted by atomic mass is 10.1. The smallest absolute Gasteiger partial charge is 0.227 e. The number of benzene rings is 1. The molecule has 2 rings (SSSR count). The second kappa shape index (κ2) is 5.11. The second-order valence-electron chi connectivity index (χ2n) is 3.98. The van der Waals surface area contributed by atoms with Crippen molar-refractivity contribution in [2.24, 2.45) is 0 Å². The van der Waals surface area contributed by atoms with Crippen molar-refractivity contribution in [3.05, 3.63) is 64.9 Å². The minimum Gasteiger partial charge on any atom is -0.287 e. The maximum absolute atomic E-state index is 11.9. The fourth-order valence-electron chi connectivity index (χ4n) is 1.53. The summed E-state index contributed by atoms with van der Waals surface area (Å²) in [6.45, 7) is 2.37. The van der Waals surface area contributed by atoms with Crippen molar-refractivity contribution >= 4 is 17.4 Å². The van der Waals surface area contributed by atoms with E-state index in [1.54, 1.807) is 24.3 Å². The normalized spacial score (nSPS) is 10.2. The van der Waals surface area contributed by atoms with E-state index in [1.165, 1.54) is 5.56 Å². The largest absolute Gasteiger partial charge is 0.287 e. The number of ketones is 1. The first-order valence-corrected chi connectivity index (χ1v) is 5.77. The van der Waals surface area contributed by atoms with Gasteiger partial charge in [-0.1, -0.05) is 11.6 Å². The van der Waals surface area contributed by atoms with E-state index in [2.05, 4.69) is 0 Å². The number of aryl methyl sites for hydroxylation is 1. The molecule has 0 aliphatic rings. The van der Waals surface area contributed by atoms with E-state index in [1.807, 2.05) is 36.0 Å². The Balaban J connectivity index is 2.11. The minimum absolute atomic E-state index is 0.0792. The van der Waals surface area contributed by atoms with Gasteiger partial charge in [-0.3, -0.25) is 4.79 Å². The van der Waals surface area contributed by atoms with Gasteiger partial charge in [0.05, 0.1) is 0 Å². The van der Waals surface area contributed by atoms with E-state index in [4.69, 9.17) is 11.6 Å². The maximum Gasteiger partial charge on any atom is 0.227 e. The highest BCUT2D eigenvalue weighted by atomic mass is 35.5. The Hall–Kier alpha value is -1.67. The number of halogens is 1. The van der Waals surface area contributed by atoms with Crippen molar-refractivity contribution in [1.29, 1.82) is 0 Å². The standard InChI is InChI=1S/C14H13ClNO/c1-11-6-8-16(9-7-11)10-14(17)12-2-4-13(15)5-3-12/h2-9H,10H2,1H3/q+1. The molecular formula is C14H13ClNO+. The van der Waals surface area contributed by atoms with E-state index in [0.29, 0.717) is 17.1 Å². The Labute approximate surface area is 105 Å². The molecule has 1 aromatic carbocycles. The molecule has 0 spiro atoms. The zero-order chi connectivity index (χ0) is 12.3. The summed E-state index contributed by atoms with van der Waals surface area (Å²) in [5.41, 5.74) is 1.86. The van der Waals surface area contributed by atoms with Gasteiger partial charge in [0.15, 0.2) is 12.4 Å². The summed E-state index contributed by atoms with van der Waals surface area (Å²) in [5, 5.41) is 0.643. The molecule has 86 valence electrons. The van der Waals surface area contributed by atoms with Crippen LogP contribution in [-0.2, 0) is 6.54 Å². The minimum atomic E-state index is 0.0792. The average Bonchev–Trinajstić information content (AvgIpc) is 2.33. The van der Waals surface area contributed by atoms with Gasteiger partial charge in [0.1, 0.15) is 0 Å². The molecule has 0 aliphatic carbocycles. The third-order valence-electron chi connectivity index (χ3n) is 2.55. The topological polar surface area (TPSA) is 20.9 Å². The molecule has 0 N–H and O–H groups in total. The van der Waals surface area contributed by atoms with Gasteiger partial charge in [-0.25, -0.2) is 0 Å². The Morgan fingerprint density at radius 1 is 1.12 bits per heavy atom. The fraction of sp³-hybridized carbons (Fsp3) is 0.143. The number of rotatable bonds is 3. The van der Waals surface area contributed by atoms with Crippen LogP contribution < -0.4 is 4.57 Å². The molecule has 17 heavy (non-hydrogen) atoms. The molecule has 0 aliphatic heterocycles. The predicted octanol–water partition coefficient (Wildman–Crippen LogP) is 2.82. The van der Waals surface area contributed by atoms with Crippen LogP contribution in [0.2, 0.25) is 5.02 Å². The molecule has 1 heterocycles. The van der Waals surface area contributed by atoms with Crippen molar-refractivity contribution in [3.63, 3.8) is 0 Å². The lowest BCUT2D eigenvalue weighted by molar-refractivity contribution is -0.683. The predicted molar refractivity (Wildman–Crippen MR) is 67.2 cm³/mol. The molecular weight excluding hydrogens is 234 g/mol. The van der Waals surface area contributed by atoms with Crippen LogP contribution in [0.4, 0.5) is 0 Å². The van der Waals surface area contributed by atoms with Crippen LogP contribution in [0, 0.1) is 6.92 Å². The first kappa shape index (κ1) is 11.8. The van der Waals surface area contributed by atoms with Crippen molar-refractivity contribution < 1.29 is 9.36 Å². The lowest BCUT2D eigenvalue weighted by Crippen LogP contribution is -2.37. The van der Waals surface area contributed by atoms with E-state index < -0.39 is 0 Å². The second-order valence-corrected chi connectivity index (χ2v) is 4.41. The Morgan fingerprint density at radius 3 is 2.29 bits per heavy atom. The number of hydrogen-bond donors (Lipinski definition) is 0. The van der Waals surface area contributed by atoms with Gasteiger partial charge in [-0.15, -0.1) is 0 Å². The van der Waals surface area contributed by atoms with Gasteiger partial charge in [-0.2, -0.15) is 4.57 Å². The summed E-state index contributed by atoms with van der Waals surface area (Å²) in [6.07, 6.45) is 3.81. The van der Waals surface area contributed by atoms with Crippen LogP contribution in [0.3, 0.4) is 0 Å². The molecule has 2 aromatic rings. The Morgan fingerprint density at radius 2 is 1.71 bits per heavy atom. The number of carbonyl (C=O) groups excluding carboxylic acids is 1. The number of aromatic nitrogens is 1. The summed E-state index contributed by atoms with van der Waals surface area (Å²) in [7, 11) is 0. The molecule has 0 saturated carbocycles. The monoisotopic (exact) mass is 246 g/mol. The molecule has 3 heteroatoms. The molecule has 0 amide bonds. The third-order valence-corrected chi connectivity index (χ3v) is 2.80. The summed E-state index contributed by atoms with van der Waals surface area (Å²) in [4.78, 5) is 11.9. The number of Topliss-reactive ketones (excluding diaryl/α,β-unsaturated/α-hetero) is 1. The van der Waals surface area contributed by atoms with Crippen LogP contribution in [0.5, 0.6) is 0 Å². The molecule has 0 bridgehead atoms. The molecule has 0 radical (unpaired) electrons. The highest BCUT2D eigenvalue weighted by Crippen LogP contribution is 2.09. The van der Waals surface area contributed by atoms with Gasteiger partial charge in [0.25, 0.3) is 0 Å². The summed E-state index contributed by atoms with van der Waals surface area (Å²) in [6, 6.07) is 10.9. The van der Waals surface area contributed by atoms with Crippen LogP contribution in [0.15, 0.2) is 48.8 Å². The first-order valence-electron chi connectivity index (χ1n) is 5.39. The van der Waals surface area contributed by atoms with Gasteiger partial charge in [0.2, 0.25) is 12.3 Å². The zero-order valence-electron chi connectivity index (χ0n) is 9.56. The maximum atomic E-state index is 11.9. The van der Waals surface area contributed by atoms with Crippen LogP contribution >= 0.6 is 11.6 Å². The van der Waals surface area contributed by atoms with Crippen molar-refractivity contribution in [2.75, 3.05) is 0 Å². The van der Waals surface area contributed by atoms with Gasteiger partial charge < -0.3 is 0 Å². The summed E-state index contributed by atoms with van der Waals surface area (Å²) in [5.74, 6) is 0.0792. The Kier molecular flexibility index (Phi) is 3.55. The SMILES string of the molecule is Cc1cc[n+](CC(=O)c2ccc(Cl)cc2)cc1. The van der Waals surface area contributed by atoms with Gasteiger partial charge in [-0.05, 0) is 36.8 Å². The lowest BCUT2D eigenvalue weighted by Gasteiger charge is -1.98. The van der Waals surface area contributed by atoms with E-state index in [9.17, 15) is 4.79 Å². The van der Waals surface area contributed by atoms with Gasteiger partial charge in [0, 0.05) is 22.7 Å². The van der Waals surface area contributed by atoms with Crippen molar-refractivity contribution in [1.82, 2.24) is 0 Å². The van der Waals surface area contributed by atoms with Crippen molar-refractivity contribution in [3.8, 4) is 0 Å². The molecule has 0 unspecified atom stereocenters. The van der Waals surface area contributed by atoms with Crippen LogP contribution in [-0.4, -0.2) is 5.78 Å². The summed E-state index contributed by atoms with van der Waals surface area (Å²) < 4.78 is 1.87. The highest BCUT2D eigenvalue weighted by Gasteiger charge is 2.11. The van der Waals surface area contributed by atoms with E-state index >= 15 is 0 Å².